The summed E-state index contributed by atoms with van der Waals surface area (Å²) in [7, 11) is 0. The molecule has 2 atom stereocenters. The van der Waals surface area contributed by atoms with Crippen molar-refractivity contribution >= 4 is 29.2 Å². The molecule has 37 heavy (non-hydrogen) atoms. The lowest BCUT2D eigenvalue weighted by atomic mass is 9.92. The predicted octanol–water partition coefficient (Wildman–Crippen LogP) is 4.94. The summed E-state index contributed by atoms with van der Waals surface area (Å²) in [6.45, 7) is 4.16. The third-order valence-corrected chi connectivity index (χ3v) is 6.50. The number of aryl methyl sites for hydroxylation is 1. The standard InChI is InChI=1S/C28H28F2N4O3/c1-17-5-3-7-21(13-17)32-28(37)33-22-8-4-6-19(14-22)16-31-26(35)27(36)34-12-11-23(18(34)2)20-9-10-24(29)25(30)15-20/h3-10,13-15,18,23H,11-12,16H2,1-2H3,(H,31,35)(H2,32,33,37). The summed E-state index contributed by atoms with van der Waals surface area (Å²) in [5, 5.41) is 8.14. The summed E-state index contributed by atoms with van der Waals surface area (Å²) in [5.74, 6) is -3.48. The van der Waals surface area contributed by atoms with E-state index >= 15 is 0 Å². The summed E-state index contributed by atoms with van der Waals surface area (Å²) in [4.78, 5) is 39.2. The molecule has 1 fully saturated rings. The van der Waals surface area contributed by atoms with Gasteiger partial charge in [0, 0.05) is 36.4 Å². The molecule has 9 heteroatoms. The second-order valence-corrected chi connectivity index (χ2v) is 9.14. The minimum absolute atomic E-state index is 0.0917. The predicted molar refractivity (Wildman–Crippen MR) is 137 cm³/mol. The molecule has 1 aliphatic heterocycles. The van der Waals surface area contributed by atoms with Crippen molar-refractivity contribution in [2.75, 3.05) is 17.2 Å². The molecule has 0 bridgehead atoms. The summed E-state index contributed by atoms with van der Waals surface area (Å²) in [6.07, 6.45) is 0.545. The lowest BCUT2D eigenvalue weighted by Crippen LogP contribution is -2.44. The van der Waals surface area contributed by atoms with E-state index in [0.717, 1.165) is 17.7 Å². The van der Waals surface area contributed by atoms with Crippen LogP contribution in [-0.2, 0) is 16.1 Å². The normalized spacial score (nSPS) is 16.8. The first-order chi connectivity index (χ1) is 17.7. The molecule has 1 aliphatic rings. The SMILES string of the molecule is Cc1cccc(NC(=O)Nc2cccc(CNC(=O)C(=O)N3CCC(c4ccc(F)c(F)c4)C3C)c2)c1. The fraction of sp³-hybridized carbons (Fsp3) is 0.250. The molecule has 1 heterocycles. The van der Waals surface area contributed by atoms with Crippen molar-refractivity contribution in [3.05, 3.63) is 95.1 Å². The molecule has 4 amide bonds. The highest BCUT2D eigenvalue weighted by Gasteiger charge is 2.37. The van der Waals surface area contributed by atoms with Crippen LogP contribution in [0.4, 0.5) is 25.0 Å². The average molecular weight is 507 g/mol. The molecule has 4 rings (SSSR count). The van der Waals surface area contributed by atoms with Crippen LogP contribution >= 0.6 is 0 Å². The van der Waals surface area contributed by atoms with E-state index in [1.807, 2.05) is 25.1 Å². The van der Waals surface area contributed by atoms with Crippen LogP contribution in [0.5, 0.6) is 0 Å². The third kappa shape index (κ3) is 6.30. The van der Waals surface area contributed by atoms with E-state index < -0.39 is 29.5 Å². The molecule has 0 aliphatic carbocycles. The number of carbonyl (C=O) groups excluding carboxylic acids is 3. The number of halogens is 2. The van der Waals surface area contributed by atoms with Crippen LogP contribution in [0.25, 0.3) is 0 Å². The average Bonchev–Trinajstić information content (AvgIpc) is 3.25. The van der Waals surface area contributed by atoms with Gasteiger partial charge in [-0.25, -0.2) is 13.6 Å². The first-order valence-electron chi connectivity index (χ1n) is 12.0. The number of hydrogen-bond donors (Lipinski definition) is 3. The number of benzene rings is 3. The van der Waals surface area contributed by atoms with Crippen LogP contribution in [0.15, 0.2) is 66.7 Å². The fourth-order valence-corrected chi connectivity index (χ4v) is 4.58. The van der Waals surface area contributed by atoms with Gasteiger partial charge in [-0.2, -0.15) is 0 Å². The zero-order chi connectivity index (χ0) is 26.5. The molecule has 0 saturated carbocycles. The summed E-state index contributed by atoms with van der Waals surface area (Å²) in [5.41, 5.74) is 3.52. The van der Waals surface area contributed by atoms with Gasteiger partial charge >= 0.3 is 17.8 Å². The number of nitrogens with zero attached hydrogens (tertiary/aromatic N) is 1. The van der Waals surface area contributed by atoms with E-state index in [4.69, 9.17) is 0 Å². The maximum Gasteiger partial charge on any atom is 0.323 e. The van der Waals surface area contributed by atoms with Crippen molar-refractivity contribution in [3.63, 3.8) is 0 Å². The number of amides is 4. The zero-order valence-electron chi connectivity index (χ0n) is 20.6. The molecule has 0 aromatic heterocycles. The minimum atomic E-state index is -0.934. The van der Waals surface area contributed by atoms with Gasteiger partial charge in [0.1, 0.15) is 0 Å². The van der Waals surface area contributed by atoms with Crippen LogP contribution in [0.1, 0.15) is 36.0 Å². The lowest BCUT2D eigenvalue weighted by molar-refractivity contribution is -0.146. The van der Waals surface area contributed by atoms with Gasteiger partial charge in [-0.1, -0.05) is 30.3 Å². The van der Waals surface area contributed by atoms with Crippen molar-refractivity contribution in [2.24, 2.45) is 0 Å². The molecular formula is C28H28F2N4O3. The van der Waals surface area contributed by atoms with Crippen molar-refractivity contribution in [3.8, 4) is 0 Å². The molecule has 0 radical (unpaired) electrons. The van der Waals surface area contributed by atoms with Crippen LogP contribution in [-0.4, -0.2) is 35.3 Å². The van der Waals surface area contributed by atoms with E-state index in [1.54, 1.807) is 37.3 Å². The van der Waals surface area contributed by atoms with Crippen LogP contribution in [0, 0.1) is 18.6 Å². The van der Waals surface area contributed by atoms with Gasteiger partial charge in [-0.3, -0.25) is 9.59 Å². The molecule has 3 N–H and O–H groups in total. The number of rotatable bonds is 5. The van der Waals surface area contributed by atoms with Crippen molar-refractivity contribution < 1.29 is 23.2 Å². The Hall–Kier alpha value is -4.27. The minimum Gasteiger partial charge on any atom is -0.344 e. The van der Waals surface area contributed by atoms with Gasteiger partial charge in [-0.05, 0) is 73.4 Å². The molecule has 3 aromatic carbocycles. The monoisotopic (exact) mass is 506 g/mol. The Morgan fingerprint density at radius 1 is 0.919 bits per heavy atom. The van der Waals surface area contributed by atoms with Crippen LogP contribution in [0.2, 0.25) is 0 Å². The van der Waals surface area contributed by atoms with Gasteiger partial charge < -0.3 is 20.9 Å². The molecule has 192 valence electrons. The molecule has 3 aromatic rings. The first kappa shape index (κ1) is 25.8. The van der Waals surface area contributed by atoms with Crippen LogP contribution < -0.4 is 16.0 Å². The fourth-order valence-electron chi connectivity index (χ4n) is 4.58. The molecule has 2 unspecified atom stereocenters. The maximum atomic E-state index is 13.7. The number of carbonyl (C=O) groups is 3. The molecular weight excluding hydrogens is 478 g/mol. The molecule has 0 spiro atoms. The van der Waals surface area contributed by atoms with Gasteiger partial charge in [-0.15, -0.1) is 0 Å². The topological polar surface area (TPSA) is 90.5 Å². The highest BCUT2D eigenvalue weighted by atomic mass is 19.2. The van der Waals surface area contributed by atoms with E-state index in [-0.39, 0.29) is 18.5 Å². The second-order valence-electron chi connectivity index (χ2n) is 9.14. The second kappa shape index (κ2) is 11.2. The van der Waals surface area contributed by atoms with Gasteiger partial charge in [0.05, 0.1) is 0 Å². The number of hydrogen-bond acceptors (Lipinski definition) is 3. The van der Waals surface area contributed by atoms with E-state index in [2.05, 4.69) is 16.0 Å². The van der Waals surface area contributed by atoms with Gasteiger partial charge in [0.2, 0.25) is 0 Å². The van der Waals surface area contributed by atoms with Crippen LogP contribution in [0.3, 0.4) is 0 Å². The third-order valence-electron chi connectivity index (χ3n) is 6.50. The van der Waals surface area contributed by atoms with E-state index in [0.29, 0.717) is 35.5 Å². The van der Waals surface area contributed by atoms with Gasteiger partial charge in [0.15, 0.2) is 11.6 Å². The Bertz CT molecular complexity index is 1330. The lowest BCUT2D eigenvalue weighted by Gasteiger charge is -2.24. The highest BCUT2D eigenvalue weighted by molar-refractivity contribution is 6.35. The summed E-state index contributed by atoms with van der Waals surface area (Å²) in [6, 6.07) is 17.3. The largest absolute Gasteiger partial charge is 0.344 e. The number of anilines is 2. The number of nitrogens with one attached hydrogen (secondary N) is 3. The first-order valence-corrected chi connectivity index (χ1v) is 12.0. The summed E-state index contributed by atoms with van der Waals surface area (Å²) >= 11 is 0. The van der Waals surface area contributed by atoms with Gasteiger partial charge in [0.25, 0.3) is 0 Å². The smallest absolute Gasteiger partial charge is 0.323 e. The van der Waals surface area contributed by atoms with Crippen molar-refractivity contribution in [2.45, 2.75) is 38.8 Å². The Labute approximate surface area is 213 Å². The van der Waals surface area contributed by atoms with E-state index in [9.17, 15) is 23.2 Å². The maximum absolute atomic E-state index is 13.7. The zero-order valence-corrected chi connectivity index (χ0v) is 20.6. The van der Waals surface area contributed by atoms with E-state index in [1.165, 1.54) is 11.0 Å². The van der Waals surface area contributed by atoms with Crippen molar-refractivity contribution in [1.29, 1.82) is 0 Å². The van der Waals surface area contributed by atoms with Crippen molar-refractivity contribution in [1.82, 2.24) is 10.2 Å². The Balaban J connectivity index is 1.31. The Morgan fingerprint density at radius 3 is 2.32 bits per heavy atom. The Morgan fingerprint density at radius 2 is 1.62 bits per heavy atom. The highest BCUT2D eigenvalue weighted by Crippen LogP contribution is 2.34. The quantitative estimate of drug-likeness (QED) is 0.428. The molecule has 1 saturated heterocycles. The number of likely N-dealkylation sites (tertiary alicyclic amines) is 1. The Kier molecular flexibility index (Phi) is 7.81. The number of urea groups is 1. The summed E-state index contributed by atoms with van der Waals surface area (Å²) < 4.78 is 27.0. The molecule has 7 nitrogen and oxygen atoms in total.